The van der Waals surface area contributed by atoms with Gasteiger partial charge in [0.05, 0.1) is 17.2 Å². The number of sulfone groups is 1. The van der Waals surface area contributed by atoms with E-state index in [0.29, 0.717) is 10.6 Å². The Morgan fingerprint density at radius 3 is 2.65 bits per heavy atom. The van der Waals surface area contributed by atoms with Crippen molar-refractivity contribution in [2.45, 2.75) is 30.0 Å². The van der Waals surface area contributed by atoms with Crippen LogP contribution in [-0.2, 0) is 9.84 Å². The molecule has 1 heterocycles. The molecule has 0 saturated heterocycles. The van der Waals surface area contributed by atoms with Gasteiger partial charge in [-0.25, -0.2) is 8.42 Å². The molecule has 2 rings (SSSR count). The van der Waals surface area contributed by atoms with Gasteiger partial charge in [0.2, 0.25) is 0 Å². The van der Waals surface area contributed by atoms with Gasteiger partial charge in [-0.05, 0) is 31.5 Å². The van der Waals surface area contributed by atoms with Gasteiger partial charge in [0.15, 0.2) is 9.84 Å². The summed E-state index contributed by atoms with van der Waals surface area (Å²) >= 11 is 0. The molecular weight excluding hydrogens is 238 g/mol. The molecule has 5 heteroatoms. The van der Waals surface area contributed by atoms with Gasteiger partial charge in [0, 0.05) is 13.1 Å². The van der Waals surface area contributed by atoms with Gasteiger partial charge in [-0.3, -0.25) is 0 Å². The number of nitrogens with zero attached hydrogens (tertiary/aromatic N) is 1. The van der Waals surface area contributed by atoms with Gasteiger partial charge in [0.25, 0.3) is 0 Å². The molecule has 0 aliphatic carbocycles. The fourth-order valence-corrected chi connectivity index (χ4v) is 4.36. The molecule has 0 bridgehead atoms. The topological polar surface area (TPSA) is 57.6 Å². The Balaban J connectivity index is 2.71. The molecular formula is C12H17NO3S. The number of anilines is 1. The quantitative estimate of drug-likeness (QED) is 0.812. The Labute approximate surface area is 102 Å². The fraction of sp³-hybridized carbons (Fsp3) is 0.500. The SMILES string of the molecule is Cc1ccc2c(c1)S(=O)(=O)C(CO)C(C)N2C. The van der Waals surface area contributed by atoms with Crippen LogP contribution in [0.3, 0.4) is 0 Å². The zero-order chi connectivity index (χ0) is 12.8. The van der Waals surface area contributed by atoms with E-state index < -0.39 is 15.1 Å². The average molecular weight is 255 g/mol. The molecule has 0 aromatic heterocycles. The van der Waals surface area contributed by atoms with Crippen molar-refractivity contribution in [1.29, 1.82) is 0 Å². The predicted molar refractivity (Wildman–Crippen MR) is 67.1 cm³/mol. The Bertz CT molecular complexity index is 539. The van der Waals surface area contributed by atoms with Gasteiger partial charge >= 0.3 is 0 Å². The number of hydrogen-bond donors (Lipinski definition) is 1. The summed E-state index contributed by atoms with van der Waals surface area (Å²) < 4.78 is 24.7. The first-order valence-electron chi connectivity index (χ1n) is 5.58. The Morgan fingerprint density at radius 2 is 2.06 bits per heavy atom. The fourth-order valence-electron chi connectivity index (χ4n) is 2.28. The second-order valence-corrected chi connectivity index (χ2v) is 6.72. The van der Waals surface area contributed by atoms with E-state index in [1.54, 1.807) is 6.07 Å². The normalized spacial score (nSPS) is 26.7. The standard InChI is InChI=1S/C12H17NO3S/c1-8-4-5-10-11(6-8)17(15,16)12(7-14)9(2)13(10)3/h4-6,9,12,14H,7H2,1-3H3. The third-order valence-corrected chi connectivity index (χ3v) is 5.81. The van der Waals surface area contributed by atoms with Crippen LogP contribution in [0.15, 0.2) is 23.1 Å². The number of rotatable bonds is 1. The minimum atomic E-state index is -3.43. The van der Waals surface area contributed by atoms with Crippen LogP contribution in [0.5, 0.6) is 0 Å². The van der Waals surface area contributed by atoms with Crippen molar-refractivity contribution in [3.63, 3.8) is 0 Å². The van der Waals surface area contributed by atoms with Crippen molar-refractivity contribution < 1.29 is 13.5 Å². The largest absolute Gasteiger partial charge is 0.395 e. The minimum absolute atomic E-state index is 0.222. The molecule has 1 aliphatic rings. The molecule has 1 aromatic rings. The number of aliphatic hydroxyl groups is 1. The van der Waals surface area contributed by atoms with E-state index in [1.165, 1.54) is 0 Å². The van der Waals surface area contributed by atoms with Gasteiger partial charge in [-0.1, -0.05) is 6.07 Å². The third-order valence-electron chi connectivity index (χ3n) is 3.53. The number of hydrogen-bond acceptors (Lipinski definition) is 4. The summed E-state index contributed by atoms with van der Waals surface area (Å²) in [5, 5.41) is 8.56. The van der Waals surface area contributed by atoms with Crippen LogP contribution in [0.2, 0.25) is 0 Å². The molecule has 1 N–H and O–H groups in total. The highest BCUT2D eigenvalue weighted by atomic mass is 32.2. The summed E-state index contributed by atoms with van der Waals surface area (Å²) in [6.07, 6.45) is 0. The molecule has 2 atom stereocenters. The zero-order valence-corrected chi connectivity index (χ0v) is 11.0. The van der Waals surface area contributed by atoms with E-state index in [2.05, 4.69) is 0 Å². The first-order valence-corrected chi connectivity index (χ1v) is 7.12. The molecule has 1 aliphatic heterocycles. The van der Waals surface area contributed by atoms with Crippen LogP contribution in [-0.4, -0.2) is 38.5 Å². The lowest BCUT2D eigenvalue weighted by molar-refractivity contribution is 0.277. The summed E-state index contributed by atoms with van der Waals surface area (Å²) in [6.45, 7) is 3.34. The molecule has 0 amide bonds. The monoisotopic (exact) mass is 255 g/mol. The van der Waals surface area contributed by atoms with E-state index >= 15 is 0 Å². The number of aryl methyl sites for hydroxylation is 1. The summed E-state index contributed by atoms with van der Waals surface area (Å²) in [6, 6.07) is 5.18. The average Bonchev–Trinajstić information content (AvgIpc) is 2.27. The van der Waals surface area contributed by atoms with E-state index in [0.717, 1.165) is 5.56 Å². The smallest absolute Gasteiger partial charge is 0.187 e. The molecule has 0 spiro atoms. The minimum Gasteiger partial charge on any atom is -0.395 e. The molecule has 17 heavy (non-hydrogen) atoms. The summed E-state index contributed by atoms with van der Waals surface area (Å²) in [5.41, 5.74) is 1.62. The van der Waals surface area contributed by atoms with Crippen molar-refractivity contribution >= 4 is 15.5 Å². The van der Waals surface area contributed by atoms with E-state index in [1.807, 2.05) is 37.9 Å². The zero-order valence-electron chi connectivity index (χ0n) is 10.2. The van der Waals surface area contributed by atoms with Crippen molar-refractivity contribution in [3.8, 4) is 0 Å². The predicted octanol–water partition coefficient (Wildman–Crippen LogP) is 0.968. The molecule has 0 radical (unpaired) electrons. The molecule has 94 valence electrons. The summed E-state index contributed by atoms with van der Waals surface area (Å²) in [4.78, 5) is 2.24. The number of benzene rings is 1. The molecule has 2 unspecified atom stereocenters. The Hall–Kier alpha value is -1.07. The summed E-state index contributed by atoms with van der Waals surface area (Å²) in [7, 11) is -1.57. The van der Waals surface area contributed by atoms with Gasteiger partial charge in [-0.2, -0.15) is 0 Å². The van der Waals surface area contributed by atoms with Crippen LogP contribution in [0.1, 0.15) is 12.5 Å². The first-order chi connectivity index (χ1) is 7.89. The van der Waals surface area contributed by atoms with Crippen molar-refractivity contribution in [2.75, 3.05) is 18.6 Å². The van der Waals surface area contributed by atoms with Crippen LogP contribution in [0.25, 0.3) is 0 Å². The van der Waals surface area contributed by atoms with Gasteiger partial charge in [0.1, 0.15) is 5.25 Å². The third kappa shape index (κ3) is 1.73. The molecule has 1 aromatic carbocycles. The lowest BCUT2D eigenvalue weighted by Crippen LogP contribution is -2.49. The highest BCUT2D eigenvalue weighted by molar-refractivity contribution is 7.92. The van der Waals surface area contributed by atoms with E-state index in [9.17, 15) is 13.5 Å². The van der Waals surface area contributed by atoms with Crippen molar-refractivity contribution in [2.24, 2.45) is 0 Å². The highest BCUT2D eigenvalue weighted by Crippen LogP contribution is 2.36. The lowest BCUT2D eigenvalue weighted by atomic mass is 10.1. The van der Waals surface area contributed by atoms with E-state index in [4.69, 9.17) is 0 Å². The highest BCUT2D eigenvalue weighted by Gasteiger charge is 2.40. The van der Waals surface area contributed by atoms with E-state index in [-0.39, 0.29) is 12.6 Å². The second kappa shape index (κ2) is 3.99. The van der Waals surface area contributed by atoms with Crippen LogP contribution in [0, 0.1) is 6.92 Å². The summed E-state index contributed by atoms with van der Waals surface area (Å²) in [5.74, 6) is 0. The number of fused-ring (bicyclic) bond motifs is 1. The van der Waals surface area contributed by atoms with Crippen molar-refractivity contribution in [3.05, 3.63) is 23.8 Å². The van der Waals surface area contributed by atoms with Crippen LogP contribution >= 0.6 is 0 Å². The first kappa shape index (κ1) is 12.4. The van der Waals surface area contributed by atoms with Crippen LogP contribution < -0.4 is 4.90 Å². The maximum Gasteiger partial charge on any atom is 0.187 e. The molecule has 0 fully saturated rings. The maximum absolute atomic E-state index is 12.4. The van der Waals surface area contributed by atoms with Crippen molar-refractivity contribution in [1.82, 2.24) is 0 Å². The maximum atomic E-state index is 12.4. The molecule has 4 nitrogen and oxygen atoms in total. The molecule has 0 saturated carbocycles. The van der Waals surface area contributed by atoms with Gasteiger partial charge in [-0.15, -0.1) is 0 Å². The lowest BCUT2D eigenvalue weighted by Gasteiger charge is -2.38. The van der Waals surface area contributed by atoms with Gasteiger partial charge < -0.3 is 10.0 Å². The Kier molecular flexibility index (Phi) is 2.91. The second-order valence-electron chi connectivity index (χ2n) is 4.59. The van der Waals surface area contributed by atoms with Crippen LogP contribution in [0.4, 0.5) is 5.69 Å². The number of aliphatic hydroxyl groups excluding tert-OH is 1. The Morgan fingerprint density at radius 1 is 1.41 bits per heavy atom.